The number of nitrogen functional groups attached to an aromatic ring is 1. The number of halogens is 1. The first-order valence-corrected chi connectivity index (χ1v) is 8.61. The Bertz CT molecular complexity index is 910. The van der Waals surface area contributed by atoms with Crippen molar-refractivity contribution in [2.24, 2.45) is 0 Å². The van der Waals surface area contributed by atoms with Crippen LogP contribution in [0.15, 0.2) is 33.4 Å². The molecule has 0 saturated carbocycles. The number of likely N-dealkylation sites (tertiary alicyclic amines) is 1. The van der Waals surface area contributed by atoms with Crippen molar-refractivity contribution in [2.45, 2.75) is 19.3 Å². The van der Waals surface area contributed by atoms with Gasteiger partial charge in [-0.1, -0.05) is 0 Å². The summed E-state index contributed by atoms with van der Waals surface area (Å²) in [5.74, 6) is 1.33. The largest absolute Gasteiger partial charge is 0.460 e. The molecule has 4 rings (SSSR count). The maximum atomic E-state index is 12.7. The Labute approximate surface area is 146 Å². The van der Waals surface area contributed by atoms with Crippen molar-refractivity contribution in [3.8, 4) is 11.6 Å². The molecule has 1 fully saturated rings. The number of carbonyl (C=O) groups is 1. The number of nitrogens with zero attached hydrogens (tertiary/aromatic N) is 4. The van der Waals surface area contributed by atoms with Gasteiger partial charge >= 0.3 is 0 Å². The molecule has 3 aromatic heterocycles. The first-order chi connectivity index (χ1) is 11.6. The molecule has 2 N–H and O–H groups in total. The third-order valence-corrected chi connectivity index (χ3v) is 4.56. The molecule has 3 aromatic rings. The van der Waals surface area contributed by atoms with Crippen molar-refractivity contribution in [3.63, 3.8) is 0 Å². The number of pyridine rings is 1. The van der Waals surface area contributed by atoms with Gasteiger partial charge in [-0.2, -0.15) is 4.52 Å². The van der Waals surface area contributed by atoms with Crippen LogP contribution in [0, 0.1) is 0 Å². The van der Waals surface area contributed by atoms with Gasteiger partial charge in [0.15, 0.2) is 11.4 Å². The van der Waals surface area contributed by atoms with Crippen LogP contribution in [0.25, 0.3) is 17.2 Å². The average molecular weight is 390 g/mol. The molecule has 8 heteroatoms. The number of piperidine rings is 1. The van der Waals surface area contributed by atoms with Crippen molar-refractivity contribution < 1.29 is 9.21 Å². The van der Waals surface area contributed by atoms with Crippen LogP contribution in [-0.4, -0.2) is 38.5 Å². The van der Waals surface area contributed by atoms with Crippen LogP contribution in [0.2, 0.25) is 0 Å². The first-order valence-electron chi connectivity index (χ1n) is 7.82. The van der Waals surface area contributed by atoms with Crippen molar-refractivity contribution in [2.75, 3.05) is 18.8 Å². The van der Waals surface area contributed by atoms with Crippen LogP contribution in [-0.2, 0) is 0 Å². The number of carbonyl (C=O) groups excluding carboxylic acids is 1. The molecule has 1 aliphatic heterocycles. The van der Waals surface area contributed by atoms with Gasteiger partial charge in [0.1, 0.15) is 12.1 Å². The minimum atomic E-state index is -0.00538. The van der Waals surface area contributed by atoms with E-state index in [0.29, 0.717) is 28.6 Å². The van der Waals surface area contributed by atoms with Gasteiger partial charge in [0, 0.05) is 24.7 Å². The molecule has 0 spiro atoms. The van der Waals surface area contributed by atoms with Crippen LogP contribution in [0.3, 0.4) is 0 Å². The number of aromatic nitrogens is 3. The van der Waals surface area contributed by atoms with Crippen molar-refractivity contribution in [1.29, 1.82) is 0 Å². The number of nitrogens with two attached hydrogens (primary N) is 1. The van der Waals surface area contributed by atoms with E-state index in [2.05, 4.69) is 26.0 Å². The van der Waals surface area contributed by atoms with E-state index in [4.69, 9.17) is 10.2 Å². The van der Waals surface area contributed by atoms with E-state index in [1.165, 1.54) is 10.9 Å². The molecule has 1 saturated heterocycles. The van der Waals surface area contributed by atoms with Crippen LogP contribution >= 0.6 is 15.9 Å². The lowest BCUT2D eigenvalue weighted by Crippen LogP contribution is -2.35. The van der Waals surface area contributed by atoms with Gasteiger partial charge in [-0.25, -0.2) is 4.98 Å². The van der Waals surface area contributed by atoms with E-state index in [9.17, 15) is 4.79 Å². The Morgan fingerprint density at radius 3 is 2.71 bits per heavy atom. The zero-order valence-electron chi connectivity index (χ0n) is 12.9. The lowest BCUT2D eigenvalue weighted by molar-refractivity contribution is 0.0724. The van der Waals surface area contributed by atoms with Gasteiger partial charge in [0.25, 0.3) is 5.91 Å². The van der Waals surface area contributed by atoms with Crippen molar-refractivity contribution in [3.05, 3.63) is 34.5 Å². The Morgan fingerprint density at radius 1 is 1.21 bits per heavy atom. The lowest BCUT2D eigenvalue weighted by Gasteiger charge is -2.26. The molecule has 0 radical (unpaired) electrons. The fourth-order valence-electron chi connectivity index (χ4n) is 2.95. The third kappa shape index (κ3) is 2.66. The van der Waals surface area contributed by atoms with Gasteiger partial charge in [-0.05, 0) is 47.3 Å². The van der Waals surface area contributed by atoms with Crippen molar-refractivity contribution in [1.82, 2.24) is 19.5 Å². The Kier molecular flexibility index (Phi) is 3.76. The highest BCUT2D eigenvalue weighted by atomic mass is 79.9. The fourth-order valence-corrected chi connectivity index (χ4v) is 3.25. The maximum Gasteiger partial charge on any atom is 0.254 e. The van der Waals surface area contributed by atoms with E-state index in [-0.39, 0.29) is 5.91 Å². The van der Waals surface area contributed by atoms with E-state index >= 15 is 0 Å². The van der Waals surface area contributed by atoms with E-state index in [1.54, 1.807) is 24.5 Å². The average Bonchev–Trinajstić information content (AvgIpc) is 3.21. The van der Waals surface area contributed by atoms with Gasteiger partial charge in [0.05, 0.1) is 4.47 Å². The molecule has 124 valence electrons. The van der Waals surface area contributed by atoms with E-state index in [0.717, 1.165) is 30.4 Å². The summed E-state index contributed by atoms with van der Waals surface area (Å²) in [6, 6.07) is 5.16. The molecule has 1 aliphatic rings. The summed E-state index contributed by atoms with van der Waals surface area (Å²) in [4.78, 5) is 19.0. The lowest BCUT2D eigenvalue weighted by atomic mass is 10.1. The molecule has 4 heterocycles. The predicted molar refractivity (Wildman–Crippen MR) is 92.6 cm³/mol. The van der Waals surface area contributed by atoms with Crippen LogP contribution < -0.4 is 5.73 Å². The summed E-state index contributed by atoms with van der Waals surface area (Å²) >= 11 is 3.33. The molecule has 0 unspecified atom stereocenters. The number of amides is 1. The number of fused-ring (bicyclic) bond motifs is 1. The van der Waals surface area contributed by atoms with Gasteiger partial charge in [-0.3, -0.25) is 4.79 Å². The molecular weight excluding hydrogens is 374 g/mol. The third-order valence-electron chi connectivity index (χ3n) is 4.14. The smallest absolute Gasteiger partial charge is 0.254 e. The second-order valence-corrected chi connectivity index (χ2v) is 6.77. The van der Waals surface area contributed by atoms with Crippen LogP contribution in [0.5, 0.6) is 0 Å². The fraction of sp³-hybridized carbons (Fsp3) is 0.312. The Hall–Kier alpha value is -2.35. The van der Waals surface area contributed by atoms with Gasteiger partial charge < -0.3 is 15.1 Å². The highest BCUT2D eigenvalue weighted by molar-refractivity contribution is 9.10. The molecule has 0 atom stereocenters. The highest BCUT2D eigenvalue weighted by Crippen LogP contribution is 2.24. The first kappa shape index (κ1) is 15.2. The Morgan fingerprint density at radius 2 is 2.00 bits per heavy atom. The quantitative estimate of drug-likeness (QED) is 0.727. The highest BCUT2D eigenvalue weighted by Gasteiger charge is 2.20. The number of furan rings is 1. The maximum absolute atomic E-state index is 12.7. The summed E-state index contributed by atoms with van der Waals surface area (Å²) < 4.78 is 7.71. The van der Waals surface area contributed by atoms with E-state index < -0.39 is 0 Å². The number of hydrogen-bond donors (Lipinski definition) is 1. The molecule has 24 heavy (non-hydrogen) atoms. The minimum Gasteiger partial charge on any atom is -0.460 e. The number of rotatable bonds is 2. The van der Waals surface area contributed by atoms with Gasteiger partial charge in [0.2, 0.25) is 5.82 Å². The molecule has 0 bridgehead atoms. The molecule has 0 aliphatic carbocycles. The van der Waals surface area contributed by atoms with Crippen LogP contribution in [0.1, 0.15) is 29.6 Å². The number of hydrogen-bond acceptors (Lipinski definition) is 5. The summed E-state index contributed by atoms with van der Waals surface area (Å²) in [5.41, 5.74) is 7.14. The predicted octanol–water partition coefficient (Wildman–Crippen LogP) is 2.96. The zero-order chi connectivity index (χ0) is 16.7. The normalized spacial score (nSPS) is 15.1. The summed E-state index contributed by atoms with van der Waals surface area (Å²) in [6.45, 7) is 1.59. The monoisotopic (exact) mass is 389 g/mol. The zero-order valence-corrected chi connectivity index (χ0v) is 14.5. The minimum absolute atomic E-state index is 0.00538. The summed E-state index contributed by atoms with van der Waals surface area (Å²) in [5, 5.41) is 4.35. The SMILES string of the molecule is Nc1cc(C(=O)N2CCCCC2)cc2nc(-c3cc(Br)co3)nn12. The Balaban J connectivity index is 1.72. The molecule has 7 nitrogen and oxygen atoms in total. The molecule has 0 aromatic carbocycles. The summed E-state index contributed by atoms with van der Waals surface area (Å²) in [6.07, 6.45) is 4.84. The standard InChI is InChI=1S/C16H16BrN5O2/c17-11-8-12(24-9-11)15-19-14-7-10(6-13(18)22(14)20-15)16(23)21-4-2-1-3-5-21/h6-9H,1-5,18H2. The summed E-state index contributed by atoms with van der Waals surface area (Å²) in [7, 11) is 0. The van der Waals surface area contributed by atoms with Crippen LogP contribution in [0.4, 0.5) is 5.82 Å². The van der Waals surface area contributed by atoms with E-state index in [1.807, 2.05) is 4.90 Å². The van der Waals surface area contributed by atoms with Crippen molar-refractivity contribution >= 4 is 33.3 Å². The topological polar surface area (TPSA) is 89.7 Å². The number of anilines is 1. The second kappa shape index (κ2) is 5.94. The second-order valence-electron chi connectivity index (χ2n) is 5.86. The molecular formula is C16H16BrN5O2. The molecule has 1 amide bonds. The van der Waals surface area contributed by atoms with Gasteiger partial charge in [-0.15, -0.1) is 5.10 Å².